The summed E-state index contributed by atoms with van der Waals surface area (Å²) < 4.78 is 16.7. The predicted octanol–water partition coefficient (Wildman–Crippen LogP) is 4.74. The van der Waals surface area contributed by atoms with Crippen molar-refractivity contribution >= 4 is 33.2 Å². The number of rotatable bonds is 6. The number of hydrogen-bond donors (Lipinski definition) is 1. The fourth-order valence-electron chi connectivity index (χ4n) is 2.01. The van der Waals surface area contributed by atoms with E-state index < -0.39 is 0 Å². The highest BCUT2D eigenvalue weighted by Gasteiger charge is 2.10. The summed E-state index contributed by atoms with van der Waals surface area (Å²) in [7, 11) is 4.82. The van der Waals surface area contributed by atoms with E-state index >= 15 is 0 Å². The van der Waals surface area contributed by atoms with Gasteiger partial charge < -0.3 is 19.5 Å². The van der Waals surface area contributed by atoms with Crippen LogP contribution in [0.15, 0.2) is 34.8 Å². The number of methoxy groups -OCH3 is 3. The average Bonchev–Trinajstić information content (AvgIpc) is 2.53. The molecule has 0 unspecified atom stereocenters. The molecule has 0 aromatic heterocycles. The van der Waals surface area contributed by atoms with Crippen molar-refractivity contribution in [3.8, 4) is 17.2 Å². The molecule has 2 aromatic carbocycles. The zero-order valence-corrected chi connectivity index (χ0v) is 14.9. The fraction of sp³-hybridized carbons (Fsp3) is 0.250. The molecule has 0 amide bonds. The summed E-state index contributed by atoms with van der Waals surface area (Å²) in [6.45, 7) is 0.615. The van der Waals surface area contributed by atoms with E-state index in [1.165, 1.54) is 0 Å². The molecule has 0 saturated carbocycles. The Balaban J connectivity index is 2.16. The Hall–Kier alpha value is -1.59. The lowest BCUT2D eigenvalue weighted by molar-refractivity contribution is 0.354. The molecular formula is C16H17BrClNO3. The van der Waals surface area contributed by atoms with Crippen LogP contribution in [0.3, 0.4) is 0 Å². The maximum Gasteiger partial charge on any atom is 0.161 e. The third-order valence-corrected chi connectivity index (χ3v) is 4.22. The normalized spacial score (nSPS) is 10.2. The molecule has 2 aromatic rings. The summed E-state index contributed by atoms with van der Waals surface area (Å²) in [5.74, 6) is 2.03. The lowest BCUT2D eigenvalue weighted by Gasteiger charge is -2.13. The first-order chi connectivity index (χ1) is 10.6. The van der Waals surface area contributed by atoms with E-state index in [4.69, 9.17) is 25.8 Å². The Morgan fingerprint density at radius 2 is 1.59 bits per heavy atom. The fourth-order valence-corrected chi connectivity index (χ4v) is 2.73. The van der Waals surface area contributed by atoms with Crippen LogP contribution in [0.25, 0.3) is 0 Å². The minimum atomic E-state index is 0.568. The van der Waals surface area contributed by atoms with Gasteiger partial charge in [-0.25, -0.2) is 0 Å². The number of anilines is 1. The molecule has 2 rings (SSSR count). The molecule has 0 bridgehead atoms. The number of hydrogen-bond acceptors (Lipinski definition) is 4. The van der Waals surface area contributed by atoms with Crippen LogP contribution in [0.2, 0.25) is 5.02 Å². The van der Waals surface area contributed by atoms with Crippen LogP contribution < -0.4 is 19.5 Å². The molecule has 0 spiro atoms. The van der Waals surface area contributed by atoms with Crippen LogP contribution in [0.1, 0.15) is 5.56 Å². The van der Waals surface area contributed by atoms with Crippen LogP contribution in [0.5, 0.6) is 17.2 Å². The Kier molecular flexibility index (Phi) is 5.80. The quantitative estimate of drug-likeness (QED) is 0.778. The molecule has 4 nitrogen and oxygen atoms in total. The molecule has 0 heterocycles. The van der Waals surface area contributed by atoms with Crippen LogP contribution in [0.4, 0.5) is 5.69 Å². The maximum atomic E-state index is 6.12. The van der Waals surface area contributed by atoms with Gasteiger partial charge in [0.15, 0.2) is 11.5 Å². The van der Waals surface area contributed by atoms with Gasteiger partial charge in [-0.2, -0.15) is 0 Å². The second kappa shape index (κ2) is 7.61. The molecule has 1 N–H and O–H groups in total. The monoisotopic (exact) mass is 385 g/mol. The highest BCUT2D eigenvalue weighted by atomic mass is 79.9. The van der Waals surface area contributed by atoms with Crippen molar-refractivity contribution in [3.05, 3.63) is 45.4 Å². The average molecular weight is 387 g/mol. The van der Waals surface area contributed by atoms with Gasteiger partial charge in [0.25, 0.3) is 0 Å². The zero-order chi connectivity index (χ0) is 16.1. The Labute approximate surface area is 143 Å². The first kappa shape index (κ1) is 16.8. The number of halogens is 2. The summed E-state index contributed by atoms with van der Waals surface area (Å²) in [5.41, 5.74) is 1.96. The van der Waals surface area contributed by atoms with Crippen molar-refractivity contribution in [2.75, 3.05) is 26.6 Å². The molecule has 0 atom stereocenters. The number of benzene rings is 2. The Bertz CT molecular complexity index is 664. The minimum Gasteiger partial charge on any atom is -0.495 e. The van der Waals surface area contributed by atoms with E-state index in [-0.39, 0.29) is 0 Å². The van der Waals surface area contributed by atoms with Gasteiger partial charge in [0, 0.05) is 16.7 Å². The van der Waals surface area contributed by atoms with Gasteiger partial charge >= 0.3 is 0 Å². The summed E-state index contributed by atoms with van der Waals surface area (Å²) in [6, 6.07) is 9.39. The molecule has 22 heavy (non-hydrogen) atoms. The lowest BCUT2D eigenvalue weighted by atomic mass is 10.2. The Morgan fingerprint density at radius 3 is 2.18 bits per heavy atom. The van der Waals surface area contributed by atoms with Crippen LogP contribution >= 0.6 is 27.5 Å². The first-order valence-electron chi connectivity index (χ1n) is 6.56. The molecule has 0 radical (unpaired) electrons. The van der Waals surface area contributed by atoms with Crippen molar-refractivity contribution in [3.63, 3.8) is 0 Å². The van der Waals surface area contributed by atoms with Crippen molar-refractivity contribution in [2.45, 2.75) is 6.54 Å². The van der Waals surface area contributed by atoms with Crippen LogP contribution in [-0.4, -0.2) is 21.3 Å². The van der Waals surface area contributed by atoms with Crippen molar-refractivity contribution in [1.29, 1.82) is 0 Å². The van der Waals surface area contributed by atoms with E-state index in [9.17, 15) is 0 Å². The van der Waals surface area contributed by atoms with Gasteiger partial charge in [0.1, 0.15) is 5.75 Å². The maximum absolute atomic E-state index is 6.12. The molecule has 0 aliphatic rings. The summed E-state index contributed by atoms with van der Waals surface area (Å²) in [5, 5.41) is 3.88. The van der Waals surface area contributed by atoms with Crippen molar-refractivity contribution in [2.24, 2.45) is 0 Å². The summed E-state index contributed by atoms with van der Waals surface area (Å²) in [4.78, 5) is 0. The second-order valence-electron chi connectivity index (χ2n) is 4.50. The number of ether oxygens (including phenoxy) is 3. The molecule has 0 fully saturated rings. The molecular weight excluding hydrogens is 370 g/mol. The first-order valence-corrected chi connectivity index (χ1v) is 7.74. The largest absolute Gasteiger partial charge is 0.495 e. The van der Waals surface area contributed by atoms with Gasteiger partial charge in [-0.3, -0.25) is 0 Å². The lowest BCUT2D eigenvalue weighted by Crippen LogP contribution is -2.02. The SMILES string of the molecule is COc1ccc(NCc2cc(OC)c(OC)cc2Br)cc1Cl. The molecule has 0 saturated heterocycles. The standard InChI is InChI=1S/C16H17BrClNO3/c1-20-14-5-4-11(7-13(14)18)19-9-10-6-15(21-2)16(22-3)8-12(10)17/h4-8,19H,9H2,1-3H3. The highest BCUT2D eigenvalue weighted by molar-refractivity contribution is 9.10. The summed E-state index contributed by atoms with van der Waals surface area (Å²) >= 11 is 9.66. The third kappa shape index (κ3) is 3.78. The van der Waals surface area contributed by atoms with E-state index in [1.54, 1.807) is 21.3 Å². The van der Waals surface area contributed by atoms with Crippen molar-refractivity contribution in [1.82, 2.24) is 0 Å². The predicted molar refractivity (Wildman–Crippen MR) is 92.6 cm³/mol. The second-order valence-corrected chi connectivity index (χ2v) is 5.76. The highest BCUT2D eigenvalue weighted by Crippen LogP contribution is 2.34. The van der Waals surface area contributed by atoms with E-state index in [0.29, 0.717) is 28.8 Å². The van der Waals surface area contributed by atoms with Gasteiger partial charge in [-0.05, 0) is 35.9 Å². The van der Waals surface area contributed by atoms with E-state index in [2.05, 4.69) is 21.2 Å². The van der Waals surface area contributed by atoms with Gasteiger partial charge in [0.05, 0.1) is 26.4 Å². The third-order valence-electron chi connectivity index (χ3n) is 3.19. The topological polar surface area (TPSA) is 39.7 Å². The zero-order valence-electron chi connectivity index (χ0n) is 12.6. The van der Waals surface area contributed by atoms with Crippen LogP contribution in [-0.2, 0) is 6.54 Å². The van der Waals surface area contributed by atoms with Gasteiger partial charge in [-0.1, -0.05) is 27.5 Å². The molecule has 0 aliphatic heterocycles. The Morgan fingerprint density at radius 1 is 0.955 bits per heavy atom. The van der Waals surface area contributed by atoms with Crippen molar-refractivity contribution < 1.29 is 14.2 Å². The molecule has 0 aliphatic carbocycles. The van der Waals surface area contributed by atoms with Gasteiger partial charge in [-0.15, -0.1) is 0 Å². The minimum absolute atomic E-state index is 0.568. The molecule has 118 valence electrons. The van der Waals surface area contributed by atoms with Gasteiger partial charge in [0.2, 0.25) is 0 Å². The summed E-state index contributed by atoms with van der Waals surface area (Å²) in [6.07, 6.45) is 0. The number of nitrogens with one attached hydrogen (secondary N) is 1. The molecule has 6 heteroatoms. The van der Waals surface area contributed by atoms with E-state index in [0.717, 1.165) is 15.7 Å². The van der Waals surface area contributed by atoms with E-state index in [1.807, 2.05) is 30.3 Å². The smallest absolute Gasteiger partial charge is 0.161 e. The van der Waals surface area contributed by atoms with Crippen LogP contribution in [0, 0.1) is 0 Å².